The highest BCUT2D eigenvalue weighted by Crippen LogP contribution is 2.35. The predicted molar refractivity (Wildman–Crippen MR) is 57.3 cm³/mol. The number of benzene rings is 1. The smallest absolute Gasteiger partial charge is 0.163 e. The average molecular weight is 213 g/mol. The minimum atomic E-state index is -0.162. The summed E-state index contributed by atoms with van der Waals surface area (Å²) >= 11 is 6.04. The summed E-state index contributed by atoms with van der Waals surface area (Å²) in [7, 11) is 0. The third-order valence-corrected chi connectivity index (χ3v) is 3.11. The molecule has 0 radical (unpaired) electrons. The standard InChI is InChI=1S/C11H13ClO2/c1-5-6(2)11(14)9(8(4)13)7(3)10(5)12/h14H,1-4H3. The molecule has 0 saturated carbocycles. The number of halogens is 1. The Morgan fingerprint density at radius 2 is 1.64 bits per heavy atom. The van der Waals surface area contributed by atoms with Crippen LogP contribution in [0.5, 0.6) is 5.75 Å². The largest absolute Gasteiger partial charge is 0.507 e. The highest BCUT2D eigenvalue weighted by atomic mass is 35.5. The van der Waals surface area contributed by atoms with E-state index >= 15 is 0 Å². The number of phenolic OH excluding ortho intramolecular Hbond substituents is 1. The van der Waals surface area contributed by atoms with Gasteiger partial charge in [-0.25, -0.2) is 0 Å². The van der Waals surface area contributed by atoms with Gasteiger partial charge in [0, 0.05) is 5.02 Å². The molecule has 1 aromatic rings. The fourth-order valence-corrected chi connectivity index (χ4v) is 1.77. The van der Waals surface area contributed by atoms with Crippen LogP contribution >= 0.6 is 11.6 Å². The van der Waals surface area contributed by atoms with Crippen LogP contribution in [0.15, 0.2) is 0 Å². The van der Waals surface area contributed by atoms with E-state index in [0.717, 1.165) is 5.56 Å². The monoisotopic (exact) mass is 212 g/mol. The summed E-state index contributed by atoms with van der Waals surface area (Å²) in [4.78, 5) is 11.3. The van der Waals surface area contributed by atoms with Crippen molar-refractivity contribution in [3.63, 3.8) is 0 Å². The number of carbonyl (C=O) groups is 1. The number of ketones is 1. The Morgan fingerprint density at radius 3 is 2.07 bits per heavy atom. The Balaban J connectivity index is 3.68. The number of aromatic hydroxyl groups is 1. The van der Waals surface area contributed by atoms with Crippen LogP contribution < -0.4 is 0 Å². The summed E-state index contributed by atoms with van der Waals surface area (Å²) in [5.74, 6) is -0.109. The Labute approximate surface area is 88.5 Å². The quantitative estimate of drug-likeness (QED) is 0.726. The number of hydrogen-bond acceptors (Lipinski definition) is 2. The van der Waals surface area contributed by atoms with Crippen molar-refractivity contribution >= 4 is 17.4 Å². The molecular formula is C11H13ClO2. The summed E-state index contributed by atoms with van der Waals surface area (Å²) in [5.41, 5.74) is 2.48. The van der Waals surface area contributed by atoms with E-state index in [2.05, 4.69) is 0 Å². The molecule has 0 fully saturated rings. The van der Waals surface area contributed by atoms with Gasteiger partial charge in [-0.15, -0.1) is 0 Å². The molecule has 0 aliphatic heterocycles. The molecular weight excluding hydrogens is 200 g/mol. The first-order valence-corrected chi connectivity index (χ1v) is 4.74. The highest BCUT2D eigenvalue weighted by Gasteiger charge is 2.18. The highest BCUT2D eigenvalue weighted by molar-refractivity contribution is 6.33. The summed E-state index contributed by atoms with van der Waals surface area (Å²) in [6, 6.07) is 0. The van der Waals surface area contributed by atoms with Crippen molar-refractivity contribution in [2.45, 2.75) is 27.7 Å². The third kappa shape index (κ3) is 1.50. The van der Waals surface area contributed by atoms with Gasteiger partial charge in [-0.2, -0.15) is 0 Å². The number of hydrogen-bond donors (Lipinski definition) is 1. The number of Topliss-reactive ketones (excluding diaryl/α,β-unsaturated/α-hetero) is 1. The lowest BCUT2D eigenvalue weighted by atomic mass is 9.97. The summed E-state index contributed by atoms with van der Waals surface area (Å²) in [5, 5.41) is 10.3. The lowest BCUT2D eigenvalue weighted by Crippen LogP contribution is -2.01. The van der Waals surface area contributed by atoms with Crippen LogP contribution in [0.2, 0.25) is 5.02 Å². The molecule has 0 aliphatic rings. The van der Waals surface area contributed by atoms with Gasteiger partial charge in [-0.1, -0.05) is 11.6 Å². The fraction of sp³-hybridized carbons (Fsp3) is 0.364. The van der Waals surface area contributed by atoms with Crippen LogP contribution in [-0.2, 0) is 0 Å². The first kappa shape index (κ1) is 11.1. The van der Waals surface area contributed by atoms with Gasteiger partial charge in [-0.3, -0.25) is 4.79 Å². The second-order valence-electron chi connectivity index (χ2n) is 3.47. The minimum absolute atomic E-state index is 0.0527. The maximum absolute atomic E-state index is 11.3. The van der Waals surface area contributed by atoms with Crippen LogP contribution in [-0.4, -0.2) is 10.9 Å². The van der Waals surface area contributed by atoms with Gasteiger partial charge in [0.2, 0.25) is 0 Å². The molecule has 0 spiro atoms. The molecule has 76 valence electrons. The van der Waals surface area contributed by atoms with Crippen LogP contribution in [0.4, 0.5) is 0 Å². The summed E-state index contributed by atoms with van der Waals surface area (Å²) in [6.07, 6.45) is 0. The zero-order valence-corrected chi connectivity index (χ0v) is 9.49. The molecule has 0 unspecified atom stereocenters. The molecule has 0 aromatic heterocycles. The van der Waals surface area contributed by atoms with Gasteiger partial charge in [0.1, 0.15) is 5.75 Å². The van der Waals surface area contributed by atoms with Crippen LogP contribution in [0, 0.1) is 20.8 Å². The summed E-state index contributed by atoms with van der Waals surface area (Å²) in [6.45, 7) is 6.75. The van der Waals surface area contributed by atoms with Gasteiger partial charge in [0.15, 0.2) is 5.78 Å². The van der Waals surface area contributed by atoms with Crippen LogP contribution in [0.25, 0.3) is 0 Å². The summed E-state index contributed by atoms with van der Waals surface area (Å²) < 4.78 is 0. The van der Waals surface area contributed by atoms with E-state index in [1.165, 1.54) is 6.92 Å². The maximum atomic E-state index is 11.3. The molecule has 3 heteroatoms. The van der Waals surface area contributed by atoms with Crippen LogP contribution in [0.3, 0.4) is 0 Å². The molecule has 0 heterocycles. The second kappa shape index (κ2) is 3.62. The van der Waals surface area contributed by atoms with E-state index in [0.29, 0.717) is 21.7 Å². The first-order valence-electron chi connectivity index (χ1n) is 4.37. The second-order valence-corrected chi connectivity index (χ2v) is 3.85. The number of phenols is 1. The predicted octanol–water partition coefficient (Wildman–Crippen LogP) is 3.17. The lowest BCUT2D eigenvalue weighted by Gasteiger charge is -2.13. The van der Waals surface area contributed by atoms with E-state index in [9.17, 15) is 9.90 Å². The topological polar surface area (TPSA) is 37.3 Å². The van der Waals surface area contributed by atoms with E-state index < -0.39 is 0 Å². The SMILES string of the molecule is CC(=O)c1c(C)c(Cl)c(C)c(C)c1O. The van der Waals surface area contributed by atoms with Crippen molar-refractivity contribution in [1.29, 1.82) is 0 Å². The molecule has 0 amide bonds. The maximum Gasteiger partial charge on any atom is 0.163 e. The van der Waals surface area contributed by atoms with Crippen molar-refractivity contribution in [2.75, 3.05) is 0 Å². The zero-order valence-electron chi connectivity index (χ0n) is 8.73. The van der Waals surface area contributed by atoms with Gasteiger partial charge in [0.05, 0.1) is 5.56 Å². The fourth-order valence-electron chi connectivity index (χ4n) is 1.53. The normalized spacial score (nSPS) is 10.4. The van der Waals surface area contributed by atoms with Crippen molar-refractivity contribution < 1.29 is 9.90 Å². The van der Waals surface area contributed by atoms with E-state index in [4.69, 9.17) is 11.6 Å². The lowest BCUT2D eigenvalue weighted by molar-refractivity contribution is 0.101. The average Bonchev–Trinajstić information content (AvgIpc) is 2.11. The zero-order chi connectivity index (χ0) is 11.0. The first-order chi connectivity index (χ1) is 6.37. The van der Waals surface area contributed by atoms with Crippen molar-refractivity contribution in [3.8, 4) is 5.75 Å². The van der Waals surface area contributed by atoms with Crippen molar-refractivity contribution in [2.24, 2.45) is 0 Å². The van der Waals surface area contributed by atoms with Crippen molar-refractivity contribution in [3.05, 3.63) is 27.3 Å². The number of rotatable bonds is 1. The van der Waals surface area contributed by atoms with E-state index in [1.54, 1.807) is 13.8 Å². The number of carbonyl (C=O) groups excluding carboxylic acids is 1. The van der Waals surface area contributed by atoms with Gasteiger partial charge >= 0.3 is 0 Å². The van der Waals surface area contributed by atoms with Crippen LogP contribution in [0.1, 0.15) is 34.0 Å². The molecule has 0 saturated heterocycles. The molecule has 1 N–H and O–H groups in total. The van der Waals surface area contributed by atoms with Gasteiger partial charge in [-0.05, 0) is 44.4 Å². The van der Waals surface area contributed by atoms with E-state index in [-0.39, 0.29) is 11.5 Å². The Bertz CT molecular complexity index is 379. The molecule has 0 atom stereocenters. The third-order valence-electron chi connectivity index (χ3n) is 2.54. The van der Waals surface area contributed by atoms with E-state index in [1.807, 2.05) is 6.92 Å². The Morgan fingerprint density at radius 1 is 1.14 bits per heavy atom. The molecule has 1 rings (SSSR count). The molecule has 2 nitrogen and oxygen atoms in total. The molecule has 14 heavy (non-hydrogen) atoms. The van der Waals surface area contributed by atoms with Crippen molar-refractivity contribution in [1.82, 2.24) is 0 Å². The molecule has 0 bridgehead atoms. The van der Waals surface area contributed by atoms with Gasteiger partial charge < -0.3 is 5.11 Å². The Hall–Kier alpha value is -1.02. The molecule has 0 aliphatic carbocycles. The minimum Gasteiger partial charge on any atom is -0.507 e. The Kier molecular flexibility index (Phi) is 2.86. The molecule has 1 aromatic carbocycles. The van der Waals surface area contributed by atoms with Gasteiger partial charge in [0.25, 0.3) is 0 Å².